The number of aliphatic hydroxyl groups excluding tert-OH is 1. The molecule has 0 saturated carbocycles. The van der Waals surface area contributed by atoms with Crippen LogP contribution in [0.5, 0.6) is 0 Å². The van der Waals surface area contributed by atoms with Crippen molar-refractivity contribution in [3.8, 4) is 0 Å². The summed E-state index contributed by atoms with van der Waals surface area (Å²) in [5.74, 6) is 0. The first kappa shape index (κ1) is 26.4. The smallest absolute Gasteiger partial charge is 0.327 e. The van der Waals surface area contributed by atoms with E-state index in [2.05, 4.69) is 18.2 Å². The summed E-state index contributed by atoms with van der Waals surface area (Å²) in [5.41, 5.74) is 3.00. The molecule has 2 aliphatic rings. The van der Waals surface area contributed by atoms with Crippen molar-refractivity contribution >= 4 is 27.4 Å². The summed E-state index contributed by atoms with van der Waals surface area (Å²) < 4.78 is 26.2. The molecule has 0 aliphatic carbocycles. The summed E-state index contributed by atoms with van der Waals surface area (Å²) in [6, 6.07) is 13.4. The predicted octanol–water partition coefficient (Wildman–Crippen LogP) is 3.38. The van der Waals surface area contributed by atoms with Gasteiger partial charge in [-0.3, -0.25) is 4.48 Å². The Hall–Kier alpha value is -1.68. The fraction of sp³-hybridized carbons (Fsp3) is 0.370. The standard InChI is InChI=1S/C27H34N3O3S2/c1-28(2,3)35(32,33)22-12-13-27-25(21-22)23(24-9-6-7-11-26(24)34-27)10-8-14-29(4)15-17-30(5,18-16-29)19-20-31/h1,4-7,9-13,21,31H,8,14-20H2,2-3H3/q+3/b23-10+. The van der Waals surface area contributed by atoms with Crippen LogP contribution in [-0.4, -0.2) is 86.3 Å². The molecule has 0 spiro atoms. The summed E-state index contributed by atoms with van der Waals surface area (Å²) in [5, 5.41) is 9.29. The van der Waals surface area contributed by atoms with Crippen LogP contribution in [0.4, 0.5) is 0 Å². The highest BCUT2D eigenvalue weighted by Crippen LogP contribution is 2.46. The summed E-state index contributed by atoms with van der Waals surface area (Å²) in [6.45, 7) is 4.30. The molecule has 0 amide bonds. The topological polar surface area (TPSA) is 54.4 Å². The number of aliphatic hydroxyl groups is 1. The summed E-state index contributed by atoms with van der Waals surface area (Å²) >= 11 is 1.64. The van der Waals surface area contributed by atoms with Gasteiger partial charge in [-0.2, -0.15) is 8.42 Å². The molecule has 1 N–H and O–H groups in total. The van der Waals surface area contributed by atoms with E-state index in [0.717, 1.165) is 65.6 Å². The zero-order valence-electron chi connectivity index (χ0n) is 20.4. The molecule has 0 bridgehead atoms. The molecule has 1 fully saturated rings. The first-order valence-corrected chi connectivity index (χ1v) is 14.0. The number of sulfonamides is 1. The maximum atomic E-state index is 13.0. The summed E-state index contributed by atoms with van der Waals surface area (Å²) in [6.07, 6.45) is 2.92. The third-order valence-electron chi connectivity index (χ3n) is 7.01. The monoisotopic (exact) mass is 512 g/mol. The SMILES string of the molecule is [CH][N+]1(CCO)CC[N+]([CH])(CC/C=C2\c3ccccc3Sc3ccc(S(=O)(=O)[N+]([CH])(C)C)cc32)CC1. The lowest BCUT2D eigenvalue weighted by atomic mass is 9.96. The molecule has 0 atom stereocenters. The van der Waals surface area contributed by atoms with Gasteiger partial charge < -0.3 is 9.59 Å². The van der Waals surface area contributed by atoms with Crippen LogP contribution in [-0.2, 0) is 10.0 Å². The number of fused-ring (bicyclic) bond motifs is 2. The minimum atomic E-state index is -3.75. The first-order valence-electron chi connectivity index (χ1n) is 11.8. The molecule has 8 heteroatoms. The van der Waals surface area contributed by atoms with Gasteiger partial charge in [-0.1, -0.05) is 36.0 Å². The van der Waals surface area contributed by atoms with E-state index in [1.54, 1.807) is 23.9 Å². The fourth-order valence-corrected chi connectivity index (χ4v) is 6.77. The van der Waals surface area contributed by atoms with Gasteiger partial charge >= 0.3 is 10.0 Å². The summed E-state index contributed by atoms with van der Waals surface area (Å²) in [4.78, 5) is 2.36. The number of rotatable bonds is 7. The zero-order valence-corrected chi connectivity index (χ0v) is 22.1. The Balaban J connectivity index is 1.63. The number of hydrogen-bond donors (Lipinski definition) is 1. The van der Waals surface area contributed by atoms with Gasteiger partial charge in [0.25, 0.3) is 0 Å². The molecular weight excluding hydrogens is 478 g/mol. The predicted molar refractivity (Wildman–Crippen MR) is 138 cm³/mol. The van der Waals surface area contributed by atoms with Gasteiger partial charge in [0.2, 0.25) is 21.1 Å². The Morgan fingerprint density at radius 2 is 1.57 bits per heavy atom. The van der Waals surface area contributed by atoms with E-state index in [1.165, 1.54) is 14.1 Å². The van der Waals surface area contributed by atoms with E-state index < -0.39 is 13.9 Å². The molecule has 6 nitrogen and oxygen atoms in total. The van der Waals surface area contributed by atoms with Crippen molar-refractivity contribution < 1.29 is 26.4 Å². The number of benzene rings is 2. The van der Waals surface area contributed by atoms with Crippen LogP contribution >= 0.6 is 11.8 Å². The molecule has 2 heterocycles. The van der Waals surface area contributed by atoms with Gasteiger partial charge in [-0.15, -0.1) is 0 Å². The van der Waals surface area contributed by atoms with Crippen molar-refractivity contribution in [2.45, 2.75) is 21.1 Å². The fourth-order valence-electron chi connectivity index (χ4n) is 4.63. The lowest BCUT2D eigenvalue weighted by Crippen LogP contribution is -2.62. The highest BCUT2D eigenvalue weighted by Gasteiger charge is 2.38. The number of piperazine rings is 1. The van der Waals surface area contributed by atoms with Crippen molar-refractivity contribution in [3.05, 3.63) is 80.8 Å². The molecule has 6 radical (unpaired) electrons. The second-order valence-corrected chi connectivity index (χ2v) is 13.5. The van der Waals surface area contributed by atoms with Crippen LogP contribution < -0.4 is 0 Å². The molecule has 4 rings (SSSR count). The van der Waals surface area contributed by atoms with Gasteiger partial charge in [0.05, 0.1) is 27.2 Å². The van der Waals surface area contributed by atoms with Crippen LogP contribution in [0.3, 0.4) is 0 Å². The van der Waals surface area contributed by atoms with Crippen molar-refractivity contribution in [1.82, 2.24) is 0 Å². The second-order valence-electron chi connectivity index (χ2n) is 10.1. The maximum Gasteiger partial charge on any atom is 0.327 e. The number of nitrogens with zero attached hydrogens (tertiary/aromatic N) is 3. The summed E-state index contributed by atoms with van der Waals surface area (Å²) in [7, 11) is 18.1. The number of quaternary nitrogens is 3. The van der Waals surface area contributed by atoms with Crippen LogP contribution in [0.15, 0.2) is 63.2 Å². The molecule has 0 unspecified atom stereocenters. The molecule has 1 saturated heterocycles. The molecule has 2 aromatic rings. The third kappa shape index (κ3) is 5.38. The van der Waals surface area contributed by atoms with Gasteiger partial charge in [0.15, 0.2) is 0 Å². The van der Waals surface area contributed by atoms with E-state index in [0.29, 0.717) is 15.5 Å². The molecule has 0 aromatic heterocycles. The Bertz CT molecular complexity index is 1220. The van der Waals surface area contributed by atoms with Crippen molar-refractivity contribution in [2.24, 2.45) is 0 Å². The first-order chi connectivity index (χ1) is 16.4. The van der Waals surface area contributed by atoms with E-state index in [4.69, 9.17) is 21.1 Å². The molecule has 184 valence electrons. The van der Waals surface area contributed by atoms with E-state index in [9.17, 15) is 13.5 Å². The molecule has 2 aromatic carbocycles. The second kappa shape index (κ2) is 9.65. The average molecular weight is 513 g/mol. The van der Waals surface area contributed by atoms with Crippen LogP contribution in [0.2, 0.25) is 0 Å². The van der Waals surface area contributed by atoms with Crippen LogP contribution in [0.25, 0.3) is 5.57 Å². The van der Waals surface area contributed by atoms with Crippen LogP contribution in [0, 0.1) is 21.1 Å². The van der Waals surface area contributed by atoms with Gasteiger partial charge in [0.1, 0.15) is 37.6 Å². The Morgan fingerprint density at radius 3 is 2.20 bits per heavy atom. The largest absolute Gasteiger partial charge is 0.391 e. The highest BCUT2D eigenvalue weighted by atomic mass is 32.2. The Morgan fingerprint density at radius 1 is 0.971 bits per heavy atom. The minimum absolute atomic E-state index is 0.0714. The van der Waals surface area contributed by atoms with Crippen molar-refractivity contribution in [1.29, 1.82) is 0 Å². The Labute approximate surface area is 215 Å². The van der Waals surface area contributed by atoms with Crippen LogP contribution in [0.1, 0.15) is 17.5 Å². The lowest BCUT2D eigenvalue weighted by Gasteiger charge is -2.44. The van der Waals surface area contributed by atoms with E-state index in [-0.39, 0.29) is 11.5 Å². The molecule has 35 heavy (non-hydrogen) atoms. The third-order valence-corrected chi connectivity index (χ3v) is 10.2. The van der Waals surface area contributed by atoms with Gasteiger partial charge in [-0.25, -0.2) is 3.89 Å². The maximum absolute atomic E-state index is 13.0. The quantitative estimate of drug-likeness (QED) is 0.493. The lowest BCUT2D eigenvalue weighted by molar-refractivity contribution is -0.993. The Kier molecular flexibility index (Phi) is 7.27. The average Bonchev–Trinajstić information content (AvgIpc) is 2.80. The minimum Gasteiger partial charge on any atom is -0.391 e. The normalized spacial score (nSPS) is 25.8. The van der Waals surface area contributed by atoms with Crippen molar-refractivity contribution in [2.75, 3.05) is 60.0 Å². The van der Waals surface area contributed by atoms with Gasteiger partial charge in [0, 0.05) is 16.2 Å². The molecular formula is C27H34N3O3S2+3. The van der Waals surface area contributed by atoms with E-state index >= 15 is 0 Å². The van der Waals surface area contributed by atoms with Crippen molar-refractivity contribution in [3.63, 3.8) is 0 Å². The molecule has 2 aliphatic heterocycles. The highest BCUT2D eigenvalue weighted by molar-refractivity contribution is 7.99. The van der Waals surface area contributed by atoms with Gasteiger partial charge in [-0.05, 0) is 41.0 Å². The zero-order chi connectivity index (χ0) is 25.5. The number of hydrogen-bond acceptors (Lipinski definition) is 4. The van der Waals surface area contributed by atoms with E-state index in [1.807, 2.05) is 18.2 Å².